The van der Waals surface area contributed by atoms with Gasteiger partial charge in [-0.2, -0.15) is 5.10 Å². The summed E-state index contributed by atoms with van der Waals surface area (Å²) in [5, 5.41) is 4.75. The van der Waals surface area contributed by atoms with Crippen molar-refractivity contribution in [3.05, 3.63) is 48.0 Å². The Bertz CT molecular complexity index is 941. The highest BCUT2D eigenvalue weighted by Gasteiger charge is 2.21. The topological polar surface area (TPSA) is 63.0 Å². The number of aryl methyl sites for hydroxylation is 1. The van der Waals surface area contributed by atoms with Crippen LogP contribution in [0.3, 0.4) is 0 Å². The third-order valence-electron chi connectivity index (χ3n) is 5.13. The summed E-state index contributed by atoms with van der Waals surface area (Å²) < 4.78 is 1.90. The fourth-order valence-corrected chi connectivity index (χ4v) is 3.33. The van der Waals surface area contributed by atoms with E-state index in [9.17, 15) is 0 Å². The molecule has 1 aromatic carbocycles. The molecule has 7 heteroatoms. The van der Waals surface area contributed by atoms with Gasteiger partial charge < -0.3 is 9.80 Å². The summed E-state index contributed by atoms with van der Waals surface area (Å²) in [4.78, 5) is 18.9. The van der Waals surface area contributed by atoms with Crippen molar-refractivity contribution in [3.63, 3.8) is 0 Å². The number of rotatable bonds is 4. The fraction of sp³-hybridized carbons (Fsp3) is 0.429. The van der Waals surface area contributed by atoms with Crippen molar-refractivity contribution in [2.24, 2.45) is 0 Å². The van der Waals surface area contributed by atoms with Crippen LogP contribution in [0.15, 0.2) is 36.5 Å². The molecule has 1 aliphatic heterocycles. The van der Waals surface area contributed by atoms with E-state index in [0.717, 1.165) is 60.7 Å². The molecule has 0 spiro atoms. The van der Waals surface area contributed by atoms with Gasteiger partial charge >= 0.3 is 0 Å². The molecule has 0 amide bonds. The molecule has 28 heavy (non-hydrogen) atoms. The van der Waals surface area contributed by atoms with E-state index < -0.39 is 0 Å². The molecule has 1 aliphatic rings. The Morgan fingerprint density at radius 3 is 2.32 bits per heavy atom. The van der Waals surface area contributed by atoms with E-state index in [1.807, 2.05) is 48.1 Å². The molecule has 3 aromatic rings. The second-order valence-corrected chi connectivity index (χ2v) is 7.66. The molecular weight excluding hydrogens is 350 g/mol. The van der Waals surface area contributed by atoms with Gasteiger partial charge in [0.15, 0.2) is 11.6 Å². The lowest BCUT2D eigenvalue weighted by atomic mass is 10.2. The molecule has 2 aromatic heterocycles. The minimum Gasteiger partial charge on any atom is -0.338 e. The Labute approximate surface area is 166 Å². The van der Waals surface area contributed by atoms with Crippen LogP contribution in [0.5, 0.6) is 0 Å². The first-order chi connectivity index (χ1) is 13.5. The highest BCUT2D eigenvalue weighted by molar-refractivity contribution is 5.61. The molecule has 1 saturated heterocycles. The van der Waals surface area contributed by atoms with Crippen molar-refractivity contribution in [1.82, 2.24) is 29.6 Å². The van der Waals surface area contributed by atoms with Gasteiger partial charge in [-0.05, 0) is 26.1 Å². The standard InChI is InChI=1S/C21H27N7/c1-15(2)19-24-20(28(25-19)17-8-6-5-7-9-17)18-14-22-21(23-16(18)3)27-12-10-26(4)11-13-27/h5-9,14-15H,10-13H2,1-4H3. The van der Waals surface area contributed by atoms with Gasteiger partial charge in [-0.15, -0.1) is 0 Å². The SMILES string of the molecule is Cc1nc(N2CCN(C)CC2)ncc1-c1nc(C(C)C)nn1-c1ccccc1. The number of para-hydroxylation sites is 1. The molecule has 0 saturated carbocycles. The summed E-state index contributed by atoms with van der Waals surface area (Å²) >= 11 is 0. The van der Waals surface area contributed by atoms with Gasteiger partial charge in [0.25, 0.3) is 0 Å². The molecule has 1 fully saturated rings. The number of anilines is 1. The number of nitrogens with zero attached hydrogens (tertiary/aromatic N) is 7. The summed E-state index contributed by atoms with van der Waals surface area (Å²) in [5.41, 5.74) is 2.82. The molecule has 4 rings (SSSR count). The maximum absolute atomic E-state index is 4.82. The van der Waals surface area contributed by atoms with Gasteiger partial charge in [0.2, 0.25) is 5.95 Å². The number of hydrogen-bond donors (Lipinski definition) is 0. The van der Waals surface area contributed by atoms with E-state index in [1.165, 1.54) is 0 Å². The summed E-state index contributed by atoms with van der Waals surface area (Å²) in [6, 6.07) is 10.1. The van der Waals surface area contributed by atoms with Crippen LogP contribution in [0.4, 0.5) is 5.95 Å². The zero-order chi connectivity index (χ0) is 19.7. The van der Waals surface area contributed by atoms with Crippen LogP contribution < -0.4 is 4.90 Å². The normalized spacial score (nSPS) is 15.4. The lowest BCUT2D eigenvalue weighted by Crippen LogP contribution is -2.45. The summed E-state index contributed by atoms with van der Waals surface area (Å²) in [7, 11) is 2.15. The smallest absolute Gasteiger partial charge is 0.225 e. The lowest BCUT2D eigenvalue weighted by molar-refractivity contribution is 0.311. The van der Waals surface area contributed by atoms with Crippen LogP contribution in [0.25, 0.3) is 17.1 Å². The van der Waals surface area contributed by atoms with Crippen molar-refractivity contribution in [2.75, 3.05) is 38.1 Å². The molecule has 7 nitrogen and oxygen atoms in total. The van der Waals surface area contributed by atoms with Gasteiger partial charge in [0.1, 0.15) is 0 Å². The van der Waals surface area contributed by atoms with Crippen molar-refractivity contribution >= 4 is 5.95 Å². The first-order valence-electron chi connectivity index (χ1n) is 9.83. The third-order valence-corrected chi connectivity index (χ3v) is 5.13. The quantitative estimate of drug-likeness (QED) is 0.697. The molecule has 0 aliphatic carbocycles. The van der Waals surface area contributed by atoms with Crippen LogP contribution in [-0.4, -0.2) is 62.9 Å². The van der Waals surface area contributed by atoms with E-state index in [-0.39, 0.29) is 5.92 Å². The average molecular weight is 377 g/mol. The van der Waals surface area contributed by atoms with Crippen LogP contribution in [-0.2, 0) is 0 Å². The summed E-state index contributed by atoms with van der Waals surface area (Å²) in [5.74, 6) is 2.65. The Hall–Kier alpha value is -2.80. The molecule has 0 radical (unpaired) electrons. The molecule has 0 bridgehead atoms. The fourth-order valence-electron chi connectivity index (χ4n) is 3.33. The maximum Gasteiger partial charge on any atom is 0.225 e. The van der Waals surface area contributed by atoms with E-state index >= 15 is 0 Å². The van der Waals surface area contributed by atoms with E-state index in [2.05, 4.69) is 35.7 Å². The number of likely N-dealkylation sites (N-methyl/N-ethyl adjacent to an activating group) is 1. The van der Waals surface area contributed by atoms with Crippen molar-refractivity contribution < 1.29 is 0 Å². The van der Waals surface area contributed by atoms with Crippen molar-refractivity contribution in [3.8, 4) is 17.1 Å². The highest BCUT2D eigenvalue weighted by atomic mass is 15.4. The average Bonchev–Trinajstić information content (AvgIpc) is 3.15. The van der Waals surface area contributed by atoms with Gasteiger partial charge in [-0.1, -0.05) is 32.0 Å². The number of aromatic nitrogens is 5. The maximum atomic E-state index is 4.82. The molecule has 0 N–H and O–H groups in total. The molecule has 0 unspecified atom stereocenters. The van der Waals surface area contributed by atoms with Gasteiger partial charge in [0, 0.05) is 38.3 Å². The summed E-state index contributed by atoms with van der Waals surface area (Å²) in [6.07, 6.45) is 1.89. The highest BCUT2D eigenvalue weighted by Crippen LogP contribution is 2.26. The predicted octanol–water partition coefficient (Wildman–Crippen LogP) is 2.91. The number of hydrogen-bond acceptors (Lipinski definition) is 6. The molecule has 146 valence electrons. The van der Waals surface area contributed by atoms with Crippen LogP contribution >= 0.6 is 0 Å². The Morgan fingerprint density at radius 2 is 1.68 bits per heavy atom. The van der Waals surface area contributed by atoms with Crippen molar-refractivity contribution in [2.45, 2.75) is 26.7 Å². The van der Waals surface area contributed by atoms with Crippen LogP contribution in [0.1, 0.15) is 31.3 Å². The zero-order valence-electron chi connectivity index (χ0n) is 17.0. The van der Waals surface area contributed by atoms with E-state index in [4.69, 9.17) is 15.1 Å². The van der Waals surface area contributed by atoms with Gasteiger partial charge in [-0.3, -0.25) is 0 Å². The van der Waals surface area contributed by atoms with E-state index in [0.29, 0.717) is 0 Å². The number of benzene rings is 1. The molecule has 3 heterocycles. The Morgan fingerprint density at radius 1 is 0.964 bits per heavy atom. The monoisotopic (exact) mass is 377 g/mol. The van der Waals surface area contributed by atoms with Gasteiger partial charge in [0.05, 0.1) is 16.9 Å². The zero-order valence-corrected chi connectivity index (χ0v) is 17.0. The lowest BCUT2D eigenvalue weighted by Gasteiger charge is -2.32. The first-order valence-corrected chi connectivity index (χ1v) is 9.83. The predicted molar refractivity (Wildman–Crippen MR) is 111 cm³/mol. The second kappa shape index (κ2) is 7.67. The third kappa shape index (κ3) is 3.62. The molecular formula is C21H27N7. The molecule has 0 atom stereocenters. The Balaban J connectivity index is 1.72. The summed E-state index contributed by atoms with van der Waals surface area (Å²) in [6.45, 7) is 10.2. The van der Waals surface area contributed by atoms with Crippen molar-refractivity contribution in [1.29, 1.82) is 0 Å². The van der Waals surface area contributed by atoms with Gasteiger partial charge in [-0.25, -0.2) is 19.6 Å². The Kier molecular flexibility index (Phi) is 5.09. The van der Waals surface area contributed by atoms with Crippen LogP contribution in [0.2, 0.25) is 0 Å². The minimum absolute atomic E-state index is 0.245. The minimum atomic E-state index is 0.245. The second-order valence-electron chi connectivity index (χ2n) is 7.66. The first kappa shape index (κ1) is 18.6. The van der Waals surface area contributed by atoms with Crippen LogP contribution in [0, 0.1) is 6.92 Å². The number of piperazine rings is 1. The van der Waals surface area contributed by atoms with E-state index in [1.54, 1.807) is 0 Å². The largest absolute Gasteiger partial charge is 0.338 e.